The molecule has 0 saturated heterocycles. The number of amides is 1. The molecule has 160 valence electrons. The molecular formula is C22H22N4O5. The van der Waals surface area contributed by atoms with Gasteiger partial charge in [0, 0.05) is 17.3 Å². The number of aromatic nitrogens is 2. The first-order valence-corrected chi connectivity index (χ1v) is 9.75. The number of carbonyl (C=O) groups is 2. The van der Waals surface area contributed by atoms with Crippen LogP contribution in [0.5, 0.6) is 0 Å². The monoisotopic (exact) mass is 422 g/mol. The number of carbonyl (C=O) groups excluding carboxylic acids is 2. The fourth-order valence-electron chi connectivity index (χ4n) is 3.03. The van der Waals surface area contributed by atoms with Crippen LogP contribution in [0.2, 0.25) is 0 Å². The normalized spacial score (nSPS) is 11.5. The summed E-state index contributed by atoms with van der Waals surface area (Å²) < 4.78 is 5.47. The van der Waals surface area contributed by atoms with Crippen LogP contribution in [0.15, 0.2) is 54.6 Å². The molecule has 0 bridgehead atoms. The minimum atomic E-state index is -1.32. The Morgan fingerprint density at radius 3 is 2.61 bits per heavy atom. The van der Waals surface area contributed by atoms with Crippen LogP contribution in [-0.4, -0.2) is 27.0 Å². The summed E-state index contributed by atoms with van der Waals surface area (Å²) in [6, 6.07) is 14.5. The molecule has 1 heterocycles. The van der Waals surface area contributed by atoms with Gasteiger partial charge in [-0.2, -0.15) is 5.10 Å². The van der Waals surface area contributed by atoms with E-state index >= 15 is 0 Å². The molecule has 9 heteroatoms. The van der Waals surface area contributed by atoms with Crippen LogP contribution >= 0.6 is 0 Å². The van der Waals surface area contributed by atoms with Crippen molar-refractivity contribution >= 4 is 23.3 Å². The summed E-state index contributed by atoms with van der Waals surface area (Å²) in [5.74, 6) is -1.49. The smallest absolute Gasteiger partial charge is 0.359 e. The van der Waals surface area contributed by atoms with E-state index < -0.39 is 22.9 Å². The third-order valence-electron chi connectivity index (χ3n) is 4.53. The van der Waals surface area contributed by atoms with Crippen LogP contribution in [0, 0.1) is 17.0 Å². The Balaban J connectivity index is 1.86. The van der Waals surface area contributed by atoms with Gasteiger partial charge in [0.25, 0.3) is 11.6 Å². The highest BCUT2D eigenvalue weighted by atomic mass is 16.6. The molecule has 1 unspecified atom stereocenters. The van der Waals surface area contributed by atoms with Crippen LogP contribution < -0.4 is 5.32 Å². The quantitative estimate of drug-likeness (QED) is 0.319. The highest BCUT2D eigenvalue weighted by Gasteiger charge is 2.28. The van der Waals surface area contributed by atoms with Gasteiger partial charge >= 0.3 is 5.97 Å². The van der Waals surface area contributed by atoms with Gasteiger partial charge in [-0.1, -0.05) is 49.7 Å². The Bertz CT molecular complexity index is 1090. The lowest BCUT2D eigenvalue weighted by molar-refractivity contribution is -0.384. The van der Waals surface area contributed by atoms with Crippen molar-refractivity contribution < 1.29 is 19.2 Å². The predicted octanol–water partition coefficient (Wildman–Crippen LogP) is 4.12. The zero-order chi connectivity index (χ0) is 22.4. The average molecular weight is 422 g/mol. The van der Waals surface area contributed by atoms with E-state index in [-0.39, 0.29) is 17.1 Å². The van der Waals surface area contributed by atoms with Crippen molar-refractivity contribution in [2.45, 2.75) is 32.8 Å². The van der Waals surface area contributed by atoms with E-state index in [2.05, 4.69) is 15.5 Å². The highest BCUT2D eigenvalue weighted by molar-refractivity contribution is 5.99. The summed E-state index contributed by atoms with van der Waals surface area (Å²) in [6.45, 7) is 3.71. The number of nitrogens with zero attached hydrogens (tertiary/aromatic N) is 2. The molecule has 2 aromatic carbocycles. The first-order valence-electron chi connectivity index (χ1n) is 9.75. The van der Waals surface area contributed by atoms with E-state index in [4.69, 9.17) is 4.74 Å². The van der Waals surface area contributed by atoms with Crippen molar-refractivity contribution in [3.63, 3.8) is 0 Å². The van der Waals surface area contributed by atoms with E-state index in [0.717, 1.165) is 18.5 Å². The van der Waals surface area contributed by atoms with Gasteiger partial charge in [-0.3, -0.25) is 20.0 Å². The molecule has 1 amide bonds. The Morgan fingerprint density at radius 1 is 1.19 bits per heavy atom. The number of H-pyrrole nitrogens is 1. The van der Waals surface area contributed by atoms with Crippen molar-refractivity contribution in [3.05, 3.63) is 87.2 Å². The van der Waals surface area contributed by atoms with Gasteiger partial charge in [0.2, 0.25) is 6.10 Å². The van der Waals surface area contributed by atoms with Crippen LogP contribution in [0.4, 0.5) is 11.4 Å². The van der Waals surface area contributed by atoms with Gasteiger partial charge in [0.15, 0.2) is 5.69 Å². The van der Waals surface area contributed by atoms with Crippen LogP contribution in [-0.2, 0) is 16.0 Å². The van der Waals surface area contributed by atoms with Crippen molar-refractivity contribution in [1.29, 1.82) is 0 Å². The summed E-state index contributed by atoms with van der Waals surface area (Å²) in [5.41, 5.74) is 1.71. The number of anilines is 1. The fourth-order valence-corrected chi connectivity index (χ4v) is 3.03. The van der Waals surface area contributed by atoms with Gasteiger partial charge in [0.05, 0.1) is 4.92 Å². The molecule has 0 aliphatic rings. The largest absolute Gasteiger partial charge is 0.442 e. The molecule has 0 fully saturated rings. The van der Waals surface area contributed by atoms with Crippen molar-refractivity contribution in [1.82, 2.24) is 10.2 Å². The lowest BCUT2D eigenvalue weighted by Gasteiger charge is -2.17. The van der Waals surface area contributed by atoms with Crippen molar-refractivity contribution in [2.24, 2.45) is 0 Å². The van der Waals surface area contributed by atoms with Crippen molar-refractivity contribution in [3.8, 4) is 0 Å². The van der Waals surface area contributed by atoms with Crippen LogP contribution in [0.1, 0.15) is 46.8 Å². The number of aryl methyl sites for hydroxylation is 2. The zero-order valence-corrected chi connectivity index (χ0v) is 17.1. The Labute approximate surface area is 178 Å². The SMILES string of the molecule is CCCc1cc(C(=O)OC(C(=O)Nc2ccc(C)cc2[N+](=O)[O-])c2ccccc2)n[nH]1. The van der Waals surface area contributed by atoms with Crippen molar-refractivity contribution in [2.75, 3.05) is 5.32 Å². The number of rotatable bonds is 8. The summed E-state index contributed by atoms with van der Waals surface area (Å²) in [7, 11) is 0. The number of aromatic amines is 1. The summed E-state index contributed by atoms with van der Waals surface area (Å²) in [6.07, 6.45) is 0.280. The van der Waals surface area contributed by atoms with Crippen LogP contribution in [0.25, 0.3) is 0 Å². The standard InChI is InChI=1S/C22H22N4O5/c1-3-7-16-13-18(25-24-16)22(28)31-20(15-8-5-4-6-9-15)21(27)23-17-11-10-14(2)12-19(17)26(29)30/h4-6,8-13,20H,3,7H2,1-2H3,(H,23,27)(H,24,25). The minimum Gasteiger partial charge on any atom is -0.442 e. The maximum Gasteiger partial charge on any atom is 0.359 e. The third kappa shape index (κ3) is 5.33. The van der Waals surface area contributed by atoms with Gasteiger partial charge < -0.3 is 10.1 Å². The van der Waals surface area contributed by atoms with Gasteiger partial charge in [-0.05, 0) is 31.0 Å². The first kappa shape index (κ1) is 21.7. The molecule has 0 aliphatic carbocycles. The van der Waals surface area contributed by atoms with E-state index in [1.807, 2.05) is 6.92 Å². The molecular weight excluding hydrogens is 400 g/mol. The maximum atomic E-state index is 13.0. The molecule has 0 radical (unpaired) electrons. The van der Waals surface area contributed by atoms with E-state index in [9.17, 15) is 19.7 Å². The summed E-state index contributed by atoms with van der Waals surface area (Å²) in [4.78, 5) is 36.4. The summed E-state index contributed by atoms with van der Waals surface area (Å²) in [5, 5.41) is 20.6. The molecule has 2 N–H and O–H groups in total. The second-order valence-corrected chi connectivity index (χ2v) is 6.99. The fraction of sp³-hybridized carbons (Fsp3) is 0.227. The number of hydrogen-bond acceptors (Lipinski definition) is 6. The lowest BCUT2D eigenvalue weighted by atomic mass is 10.1. The van der Waals surface area contributed by atoms with E-state index in [1.54, 1.807) is 49.4 Å². The molecule has 1 aromatic heterocycles. The lowest BCUT2D eigenvalue weighted by Crippen LogP contribution is -2.26. The van der Waals surface area contributed by atoms with E-state index in [1.165, 1.54) is 12.1 Å². The Kier molecular flexibility index (Phi) is 6.76. The van der Waals surface area contributed by atoms with Crippen LogP contribution in [0.3, 0.4) is 0 Å². The molecule has 31 heavy (non-hydrogen) atoms. The number of esters is 1. The number of nitrogens with one attached hydrogen (secondary N) is 2. The Hall–Kier alpha value is -4.01. The number of hydrogen-bond donors (Lipinski definition) is 2. The van der Waals surface area contributed by atoms with Gasteiger partial charge in [-0.15, -0.1) is 0 Å². The predicted molar refractivity (Wildman–Crippen MR) is 114 cm³/mol. The number of ether oxygens (including phenoxy) is 1. The summed E-state index contributed by atoms with van der Waals surface area (Å²) >= 11 is 0. The first-order chi connectivity index (χ1) is 14.9. The minimum absolute atomic E-state index is 0.0163. The second kappa shape index (κ2) is 9.66. The molecule has 3 rings (SSSR count). The second-order valence-electron chi connectivity index (χ2n) is 6.99. The Morgan fingerprint density at radius 2 is 1.94 bits per heavy atom. The molecule has 0 aliphatic heterocycles. The number of nitro benzene ring substituents is 1. The zero-order valence-electron chi connectivity index (χ0n) is 17.1. The van der Waals surface area contributed by atoms with Gasteiger partial charge in [0.1, 0.15) is 5.69 Å². The highest BCUT2D eigenvalue weighted by Crippen LogP contribution is 2.28. The molecule has 0 saturated carbocycles. The maximum absolute atomic E-state index is 13.0. The average Bonchev–Trinajstić information content (AvgIpc) is 3.22. The number of benzene rings is 2. The van der Waals surface area contributed by atoms with Gasteiger partial charge in [-0.25, -0.2) is 4.79 Å². The third-order valence-corrected chi connectivity index (χ3v) is 4.53. The van der Waals surface area contributed by atoms with E-state index in [0.29, 0.717) is 11.1 Å². The molecule has 1 atom stereocenters. The number of nitro groups is 1. The molecule has 9 nitrogen and oxygen atoms in total. The molecule has 3 aromatic rings. The topological polar surface area (TPSA) is 127 Å². The molecule has 0 spiro atoms.